The lowest BCUT2D eigenvalue weighted by Crippen LogP contribution is -2.28. The van der Waals surface area contributed by atoms with E-state index in [9.17, 15) is 27.6 Å². The van der Waals surface area contributed by atoms with Crippen LogP contribution in [-0.4, -0.2) is 39.4 Å². The zero-order valence-corrected chi connectivity index (χ0v) is 45.6. The van der Waals surface area contributed by atoms with Crippen molar-refractivity contribution in [3.8, 4) is 0 Å². The van der Waals surface area contributed by atoms with Crippen molar-refractivity contribution in [2.75, 3.05) is 0 Å². The molecule has 0 amide bonds. The Morgan fingerprint density at radius 3 is 0.906 bits per heavy atom. The first kappa shape index (κ1) is 71.7. The molecule has 0 aliphatic rings. The van der Waals surface area contributed by atoms with Crippen LogP contribution in [0.5, 0.6) is 0 Å². The van der Waals surface area contributed by atoms with Gasteiger partial charge in [-0.2, -0.15) is 13.2 Å². The molecule has 2 aromatic rings. The number of alkyl halides is 3. The molecular weight excluding hydrogens is 814 g/mol. The lowest BCUT2D eigenvalue weighted by atomic mass is 9.87. The quantitative estimate of drug-likeness (QED) is 0.259. The van der Waals surface area contributed by atoms with Gasteiger partial charge in [-0.25, -0.2) is 4.79 Å². The number of carbonyl (C=O) groups is 3. The summed E-state index contributed by atoms with van der Waals surface area (Å²) in [5.41, 5.74) is 3.39. The Morgan fingerprint density at radius 2 is 0.797 bits per heavy atom. The molecule has 0 saturated carbocycles. The van der Waals surface area contributed by atoms with E-state index in [1.165, 1.54) is 11.1 Å². The Balaban J connectivity index is -0.000000153. The third-order valence-corrected chi connectivity index (χ3v) is 7.70. The highest BCUT2D eigenvalue weighted by molar-refractivity contribution is 5.87. The van der Waals surface area contributed by atoms with E-state index in [2.05, 4.69) is 161 Å². The van der Waals surface area contributed by atoms with Crippen LogP contribution in [0.1, 0.15) is 208 Å². The SMILES string of the molecule is C=C(C)C(C)(C)C.C=CC(C)(C)C.CC(C)(C)C.CC(C)(C)C(=O)O.CC(C)(C)C(F)(F)F.CC(C)(C)CC(=O)O.CC(C)(C)c1ccc(C(=O)O)cc1.CC(C)(C)c1ccccc1. The summed E-state index contributed by atoms with van der Waals surface area (Å²) >= 11 is 0. The van der Waals surface area contributed by atoms with Crippen LogP contribution in [0.15, 0.2) is 79.4 Å². The highest BCUT2D eigenvalue weighted by atomic mass is 19.4. The zero-order chi connectivity index (χ0) is 53.3. The fraction of sp³-hybridized carbons (Fsp3) is 0.655. The third-order valence-electron chi connectivity index (χ3n) is 7.70. The summed E-state index contributed by atoms with van der Waals surface area (Å²) in [7, 11) is 0. The second-order valence-electron chi connectivity index (χ2n) is 24.8. The van der Waals surface area contributed by atoms with Crippen LogP contribution in [0.4, 0.5) is 13.2 Å². The highest BCUT2D eigenvalue weighted by Crippen LogP contribution is 2.36. The molecule has 0 aromatic heterocycles. The molecule has 0 bridgehead atoms. The van der Waals surface area contributed by atoms with E-state index in [4.69, 9.17) is 15.3 Å². The Hall–Kier alpha value is -3.88. The predicted octanol–water partition coefficient (Wildman–Crippen LogP) is 17.8. The Kier molecular flexibility index (Phi) is 33.2. The summed E-state index contributed by atoms with van der Waals surface area (Å²) in [5, 5.41) is 25.2. The predicted molar refractivity (Wildman–Crippen MR) is 271 cm³/mol. The number of rotatable bonds is 2. The Morgan fingerprint density at radius 1 is 0.547 bits per heavy atom. The van der Waals surface area contributed by atoms with Crippen molar-refractivity contribution in [2.24, 2.45) is 32.5 Å². The van der Waals surface area contributed by atoms with Gasteiger partial charge in [-0.15, -0.1) is 6.58 Å². The number of hydrogen-bond donors (Lipinski definition) is 3. The lowest BCUT2D eigenvalue weighted by molar-refractivity contribution is -0.204. The number of carboxylic acids is 3. The number of allylic oxidation sites excluding steroid dienone is 2. The van der Waals surface area contributed by atoms with Crippen LogP contribution in [0.3, 0.4) is 0 Å². The molecule has 64 heavy (non-hydrogen) atoms. The van der Waals surface area contributed by atoms with E-state index in [0.29, 0.717) is 27.2 Å². The number of aromatic carboxylic acids is 1. The molecule has 6 nitrogen and oxygen atoms in total. The molecule has 0 fully saturated rings. The summed E-state index contributed by atoms with van der Waals surface area (Å²) < 4.78 is 34.7. The molecule has 0 heterocycles. The minimum atomic E-state index is -4.06. The van der Waals surface area contributed by atoms with Gasteiger partial charge < -0.3 is 15.3 Å². The van der Waals surface area contributed by atoms with E-state index >= 15 is 0 Å². The average Bonchev–Trinajstić information content (AvgIpc) is 3.02. The molecule has 0 unspecified atom stereocenters. The molecule has 0 atom stereocenters. The largest absolute Gasteiger partial charge is 0.481 e. The number of halogens is 3. The molecule has 0 aliphatic heterocycles. The lowest BCUT2D eigenvalue weighted by Gasteiger charge is -2.21. The van der Waals surface area contributed by atoms with Crippen molar-refractivity contribution < 1.29 is 42.9 Å². The molecule has 3 N–H and O–H groups in total. The van der Waals surface area contributed by atoms with E-state index in [-0.39, 0.29) is 17.3 Å². The molecular formula is C55H97F3O6. The van der Waals surface area contributed by atoms with Crippen molar-refractivity contribution >= 4 is 17.9 Å². The van der Waals surface area contributed by atoms with Crippen LogP contribution in [0.25, 0.3) is 0 Å². The average molecular weight is 911 g/mol. The smallest absolute Gasteiger partial charge is 0.393 e. The van der Waals surface area contributed by atoms with E-state index < -0.39 is 34.9 Å². The Labute approximate surface area is 391 Å². The van der Waals surface area contributed by atoms with Gasteiger partial charge in [0, 0.05) is 0 Å². The summed E-state index contributed by atoms with van der Waals surface area (Å²) in [4.78, 5) is 30.6. The summed E-state index contributed by atoms with van der Waals surface area (Å²) in [5.74, 6) is -2.36. The van der Waals surface area contributed by atoms with Crippen LogP contribution >= 0.6 is 0 Å². The van der Waals surface area contributed by atoms with Gasteiger partial charge in [0.1, 0.15) is 0 Å². The standard InChI is InChI=1S/C11H14O2.C10H14.C7H14.C6H12O2.C6H12.C5H9F3.C5H10O2.C5H12/c1-11(2,3)9-6-4-8(5-7-9)10(12)13;1-10(2,3)9-7-5-4-6-8-9;1-6(2)7(3,4)5;1-6(2,3)4-5(7)8;1-5-6(2,3)4;1-4(2,3)5(6,7)8;1-5(2,3)4(6)7;1-5(2,3)4/h4-7H,1-3H3,(H,12,13);4-8H,1-3H3;1H2,2-5H3;4H2,1-3H3,(H,7,8);5H,1H2,2-4H3;1-3H3;1-3H3,(H,6,7);1-4H3. The number of hydrogen-bond acceptors (Lipinski definition) is 3. The Bertz CT molecular complexity index is 1540. The summed E-state index contributed by atoms with van der Waals surface area (Å²) in [6, 6.07) is 17.6. The monoisotopic (exact) mass is 911 g/mol. The van der Waals surface area contributed by atoms with Gasteiger partial charge in [0.05, 0.1) is 22.8 Å². The third kappa shape index (κ3) is 54.3. The molecule has 374 valence electrons. The normalized spacial score (nSPS) is 11.8. The topological polar surface area (TPSA) is 112 Å². The first-order valence-electron chi connectivity index (χ1n) is 21.8. The number of aliphatic carboxylic acids is 2. The van der Waals surface area contributed by atoms with Gasteiger partial charge in [0.25, 0.3) is 0 Å². The van der Waals surface area contributed by atoms with Crippen LogP contribution in [0.2, 0.25) is 0 Å². The molecule has 0 saturated heterocycles. The van der Waals surface area contributed by atoms with Crippen molar-refractivity contribution in [3.63, 3.8) is 0 Å². The van der Waals surface area contributed by atoms with E-state index in [1.807, 2.05) is 39.0 Å². The van der Waals surface area contributed by atoms with Crippen molar-refractivity contribution in [2.45, 2.75) is 203 Å². The van der Waals surface area contributed by atoms with Gasteiger partial charge in [-0.3, -0.25) is 9.59 Å². The first-order chi connectivity index (χ1) is 27.6. The van der Waals surface area contributed by atoms with Gasteiger partial charge in [0.2, 0.25) is 0 Å². The molecule has 0 radical (unpaired) electrons. The molecule has 2 rings (SSSR count). The first-order valence-corrected chi connectivity index (χ1v) is 21.8. The fourth-order valence-corrected chi connectivity index (χ4v) is 2.50. The van der Waals surface area contributed by atoms with Crippen molar-refractivity contribution in [3.05, 3.63) is 96.1 Å². The van der Waals surface area contributed by atoms with Crippen molar-refractivity contribution in [1.29, 1.82) is 0 Å². The van der Waals surface area contributed by atoms with Gasteiger partial charge in [-0.05, 0) is 83.4 Å². The molecule has 9 heteroatoms. The number of benzene rings is 2. The van der Waals surface area contributed by atoms with Crippen LogP contribution < -0.4 is 0 Å². The minimum Gasteiger partial charge on any atom is -0.481 e. The number of carboxylic acid groups (broad SMARTS) is 3. The highest BCUT2D eigenvalue weighted by Gasteiger charge is 2.43. The van der Waals surface area contributed by atoms with E-state index in [1.54, 1.807) is 32.9 Å². The van der Waals surface area contributed by atoms with Crippen molar-refractivity contribution in [1.82, 2.24) is 0 Å². The maximum absolute atomic E-state index is 11.6. The summed E-state index contributed by atoms with van der Waals surface area (Å²) in [6.45, 7) is 58.2. The maximum atomic E-state index is 11.6. The van der Waals surface area contributed by atoms with Gasteiger partial charge in [0.15, 0.2) is 0 Å². The second kappa shape index (κ2) is 29.6. The molecule has 2 aromatic carbocycles. The maximum Gasteiger partial charge on any atom is 0.393 e. The minimum absolute atomic E-state index is 0.0775. The molecule has 0 spiro atoms. The summed E-state index contributed by atoms with van der Waals surface area (Å²) in [6.07, 6.45) is -1.88. The van der Waals surface area contributed by atoms with Gasteiger partial charge >= 0.3 is 24.1 Å². The zero-order valence-electron chi connectivity index (χ0n) is 45.6. The second-order valence-corrected chi connectivity index (χ2v) is 24.8. The van der Waals surface area contributed by atoms with E-state index in [0.717, 1.165) is 26.3 Å². The fourth-order valence-electron chi connectivity index (χ4n) is 2.50. The van der Waals surface area contributed by atoms with Gasteiger partial charge in [-0.1, -0.05) is 213 Å². The molecule has 0 aliphatic carbocycles. The van der Waals surface area contributed by atoms with Crippen LogP contribution in [-0.2, 0) is 20.4 Å². The van der Waals surface area contributed by atoms with Crippen LogP contribution in [0, 0.1) is 32.5 Å².